The number of rotatable bonds is 8. The van der Waals surface area contributed by atoms with Crippen molar-refractivity contribution in [1.29, 1.82) is 0 Å². The zero-order chi connectivity index (χ0) is 20.2. The molecule has 2 aromatic carbocycles. The van der Waals surface area contributed by atoms with Gasteiger partial charge in [0.2, 0.25) is 5.95 Å². The number of anilines is 1. The molecule has 4 rings (SSSR count). The molecule has 0 aliphatic carbocycles. The van der Waals surface area contributed by atoms with Crippen LogP contribution in [0.25, 0.3) is 22.2 Å². The number of hydrogen-bond acceptors (Lipinski definition) is 7. The summed E-state index contributed by atoms with van der Waals surface area (Å²) in [4.78, 5) is 13.4. The normalized spacial score (nSPS) is 13.2. The molecule has 29 heavy (non-hydrogen) atoms. The van der Waals surface area contributed by atoms with E-state index in [-0.39, 0.29) is 5.95 Å². The fourth-order valence-electron chi connectivity index (χ4n) is 3.59. The second kappa shape index (κ2) is 9.26. The molecule has 0 saturated heterocycles. The van der Waals surface area contributed by atoms with Gasteiger partial charge >= 0.3 is 0 Å². The van der Waals surface area contributed by atoms with Gasteiger partial charge in [0.25, 0.3) is 0 Å². The summed E-state index contributed by atoms with van der Waals surface area (Å²) in [5.74, 6) is 1.67. The third-order valence-corrected chi connectivity index (χ3v) is 6.11. The zero-order valence-corrected chi connectivity index (χ0v) is 17.9. The number of nitrogen functional groups attached to an aromatic ring is 1. The number of ether oxygens (including phenoxy) is 1. The molecule has 1 aliphatic rings. The van der Waals surface area contributed by atoms with Crippen LogP contribution in [0.1, 0.15) is 30.9 Å². The first-order valence-electron chi connectivity index (χ1n) is 9.83. The third kappa shape index (κ3) is 4.48. The van der Waals surface area contributed by atoms with Gasteiger partial charge in [0.15, 0.2) is 11.0 Å². The van der Waals surface area contributed by atoms with E-state index >= 15 is 0 Å². The third-order valence-electron chi connectivity index (χ3n) is 4.88. The van der Waals surface area contributed by atoms with Crippen molar-refractivity contribution >= 4 is 40.1 Å². The lowest BCUT2D eigenvalue weighted by Gasteiger charge is -2.20. The van der Waals surface area contributed by atoms with Crippen molar-refractivity contribution < 1.29 is 4.74 Å². The van der Waals surface area contributed by atoms with Crippen LogP contribution < -0.4 is 11.1 Å². The van der Waals surface area contributed by atoms with E-state index in [1.807, 2.05) is 12.1 Å². The minimum Gasteiger partial charge on any atom is -0.372 e. The Labute approximate surface area is 179 Å². The summed E-state index contributed by atoms with van der Waals surface area (Å²) in [6.07, 6.45) is 2.21. The van der Waals surface area contributed by atoms with Crippen LogP contribution in [0.5, 0.6) is 0 Å². The molecular formula is C21H24ClN5OS. The van der Waals surface area contributed by atoms with Crippen molar-refractivity contribution in [2.24, 2.45) is 0 Å². The molecule has 0 saturated carbocycles. The molecule has 3 N–H and O–H groups in total. The monoisotopic (exact) mass is 429 g/mol. The van der Waals surface area contributed by atoms with Crippen LogP contribution in [0.2, 0.25) is 5.02 Å². The first kappa shape index (κ1) is 20.3. The molecule has 6 nitrogen and oxygen atoms in total. The van der Waals surface area contributed by atoms with Gasteiger partial charge in [0, 0.05) is 11.3 Å². The number of thioether (sulfide) groups is 1. The lowest BCUT2D eigenvalue weighted by Crippen LogP contribution is -2.13. The molecule has 0 spiro atoms. The van der Waals surface area contributed by atoms with Gasteiger partial charge in [0.05, 0.1) is 18.2 Å². The van der Waals surface area contributed by atoms with Gasteiger partial charge in [-0.15, -0.1) is 0 Å². The Kier molecular flexibility index (Phi) is 6.50. The summed E-state index contributed by atoms with van der Waals surface area (Å²) >= 11 is 8.27. The van der Waals surface area contributed by atoms with Crippen LogP contribution in [0, 0.1) is 0 Å². The minimum atomic E-state index is 0.213. The first-order chi connectivity index (χ1) is 14.2. The van der Waals surface area contributed by atoms with Crippen molar-refractivity contribution in [2.75, 3.05) is 24.6 Å². The largest absolute Gasteiger partial charge is 0.372 e. The Morgan fingerprint density at radius 2 is 2.03 bits per heavy atom. The molecule has 0 fully saturated rings. The highest BCUT2D eigenvalue weighted by molar-refractivity contribution is 7.99. The molecular weight excluding hydrogens is 406 g/mol. The molecule has 0 atom stereocenters. The summed E-state index contributed by atoms with van der Waals surface area (Å²) in [5.41, 5.74) is 9.05. The molecule has 0 bridgehead atoms. The Bertz CT molecular complexity index is 1030. The van der Waals surface area contributed by atoms with Crippen molar-refractivity contribution in [2.45, 2.75) is 38.1 Å². The van der Waals surface area contributed by atoms with Gasteiger partial charge in [-0.25, -0.2) is 4.98 Å². The maximum absolute atomic E-state index is 6.67. The summed E-state index contributed by atoms with van der Waals surface area (Å²) in [6, 6.07) is 8.11. The topological polar surface area (TPSA) is 86.0 Å². The highest BCUT2D eigenvalue weighted by Gasteiger charge is 2.20. The molecule has 152 valence electrons. The molecule has 1 aliphatic heterocycles. The van der Waals surface area contributed by atoms with E-state index in [9.17, 15) is 0 Å². The lowest BCUT2D eigenvalue weighted by molar-refractivity contribution is 0.103. The van der Waals surface area contributed by atoms with Crippen LogP contribution in [0.3, 0.4) is 0 Å². The van der Waals surface area contributed by atoms with Crippen molar-refractivity contribution in [3.8, 4) is 11.4 Å². The predicted octanol–water partition coefficient (Wildman–Crippen LogP) is 4.44. The van der Waals surface area contributed by atoms with Crippen molar-refractivity contribution in [1.82, 2.24) is 20.3 Å². The second-order valence-electron chi connectivity index (χ2n) is 6.93. The van der Waals surface area contributed by atoms with Crippen LogP contribution in [-0.2, 0) is 18.0 Å². The number of halogens is 1. The molecule has 0 radical (unpaired) electrons. The summed E-state index contributed by atoms with van der Waals surface area (Å²) in [5, 5.41) is 6.77. The number of benzene rings is 2. The number of nitrogens with one attached hydrogen (secondary N) is 1. The van der Waals surface area contributed by atoms with Gasteiger partial charge in [-0.1, -0.05) is 48.5 Å². The molecule has 3 aromatic rings. The molecule has 0 unspecified atom stereocenters. The van der Waals surface area contributed by atoms with E-state index in [1.54, 1.807) is 11.8 Å². The summed E-state index contributed by atoms with van der Waals surface area (Å²) < 4.78 is 5.68. The fraction of sp³-hybridized carbons (Fsp3) is 0.381. The maximum Gasteiger partial charge on any atom is 0.224 e. The van der Waals surface area contributed by atoms with E-state index in [1.165, 1.54) is 5.39 Å². The standard InChI is InChI=1S/C21H24ClN5OS/c1-2-24-8-3-4-9-29-21-26-19(25-20(23)27-21)18-15-7-5-6-13-11-28-12-14(17(13)15)10-16(18)22/h5-7,10,24H,2-4,8-9,11-12H2,1H3,(H2,23,25,26,27). The van der Waals surface area contributed by atoms with Crippen LogP contribution in [0.4, 0.5) is 5.95 Å². The number of hydrogen-bond donors (Lipinski definition) is 2. The van der Waals surface area contributed by atoms with Gasteiger partial charge < -0.3 is 15.8 Å². The van der Waals surface area contributed by atoms with Crippen molar-refractivity contribution in [3.63, 3.8) is 0 Å². The fourth-order valence-corrected chi connectivity index (χ4v) is 4.74. The van der Waals surface area contributed by atoms with Gasteiger partial charge in [-0.3, -0.25) is 0 Å². The van der Waals surface area contributed by atoms with E-state index in [4.69, 9.17) is 22.1 Å². The highest BCUT2D eigenvalue weighted by atomic mass is 35.5. The van der Waals surface area contributed by atoms with Crippen LogP contribution >= 0.6 is 23.4 Å². The average Bonchev–Trinajstić information content (AvgIpc) is 2.70. The minimum absolute atomic E-state index is 0.213. The Morgan fingerprint density at radius 3 is 2.90 bits per heavy atom. The number of aromatic nitrogens is 3. The van der Waals surface area contributed by atoms with E-state index < -0.39 is 0 Å². The summed E-state index contributed by atoms with van der Waals surface area (Å²) in [7, 11) is 0. The Hall–Kier alpha value is -1.93. The Morgan fingerprint density at radius 1 is 1.17 bits per heavy atom. The highest BCUT2D eigenvalue weighted by Crippen LogP contribution is 2.39. The maximum atomic E-state index is 6.67. The second-order valence-corrected chi connectivity index (χ2v) is 8.40. The number of unbranched alkanes of at least 4 members (excludes halogenated alkanes) is 1. The zero-order valence-electron chi connectivity index (χ0n) is 16.4. The lowest BCUT2D eigenvalue weighted by atomic mass is 9.94. The smallest absolute Gasteiger partial charge is 0.224 e. The van der Waals surface area contributed by atoms with Gasteiger partial charge in [0.1, 0.15) is 0 Å². The van der Waals surface area contributed by atoms with E-state index in [0.717, 1.165) is 53.8 Å². The average molecular weight is 430 g/mol. The van der Waals surface area contributed by atoms with Gasteiger partial charge in [-0.05, 0) is 53.9 Å². The molecule has 0 amide bonds. The number of nitrogens with zero attached hydrogens (tertiary/aromatic N) is 3. The molecule has 8 heteroatoms. The SMILES string of the molecule is CCNCCCCSc1nc(N)nc(-c2c(Cl)cc3c4c(cccc24)COC3)n1. The predicted molar refractivity (Wildman–Crippen MR) is 119 cm³/mol. The molecule has 1 aromatic heterocycles. The van der Waals surface area contributed by atoms with Crippen molar-refractivity contribution in [3.05, 3.63) is 40.4 Å². The van der Waals surface area contributed by atoms with E-state index in [2.05, 4.69) is 39.3 Å². The Balaban J connectivity index is 1.65. The quantitative estimate of drug-likeness (QED) is 0.404. The first-order valence-corrected chi connectivity index (χ1v) is 11.2. The number of nitrogens with two attached hydrogens (primary N) is 1. The van der Waals surface area contributed by atoms with E-state index in [0.29, 0.717) is 29.2 Å². The summed E-state index contributed by atoms with van der Waals surface area (Å²) in [6.45, 7) is 5.30. The molecule has 2 heterocycles. The van der Waals surface area contributed by atoms with Crippen LogP contribution in [0.15, 0.2) is 29.4 Å². The van der Waals surface area contributed by atoms with Crippen LogP contribution in [-0.4, -0.2) is 33.8 Å². The van der Waals surface area contributed by atoms with Gasteiger partial charge in [-0.2, -0.15) is 9.97 Å².